The SMILES string of the molecule is CC(C)(C)c1ccc(Oc2cc3c(cc2Oc2ccc(C(C)(C)C)cc2C(C)(C)C)-c2nc-3nc3[nH]c(nc4nc(nc5[nH]c(n2)c2cc(Oc6ccc(C(C)(C)C)cc6C(C)(C)C)c(Oc6ccc(C(C)(C)C)cc6C(C)(C)C)cc52)-c2cc(-c5ccc(C(=O)O)cc5)ccc2-4)c2cc(Oc4ccc(C(C)(C)C)cc4C(C)(C)C)c(Oc4ccc(C(C)(C)C)cc4C(C)(C)C)cc32)c(C(C)(C)C)c1. The molecule has 0 aliphatic carbocycles. The van der Waals surface area contributed by atoms with Gasteiger partial charge in [0.05, 0.1) is 5.56 Å². The molecule has 2 aliphatic rings. The van der Waals surface area contributed by atoms with Gasteiger partial charge in [-0.1, -0.05) is 340 Å². The first-order valence-corrected chi connectivity index (χ1v) is 49.0. The molecule has 16 rings (SSSR count). The summed E-state index contributed by atoms with van der Waals surface area (Å²) in [6.45, 7) is 80.1. The van der Waals surface area contributed by atoms with Crippen molar-refractivity contribution in [2.75, 3.05) is 0 Å². The summed E-state index contributed by atoms with van der Waals surface area (Å²) in [6.07, 6.45) is 0. The van der Waals surface area contributed by atoms with E-state index in [-0.39, 0.29) is 65.9 Å². The Bertz CT molecular complexity index is 7440. The lowest BCUT2D eigenvalue weighted by Gasteiger charge is -2.28. The molecule has 8 bridgehead atoms. The number of hydrogen-bond acceptors (Lipinski definition) is 13. The largest absolute Gasteiger partial charge is 0.478 e. The van der Waals surface area contributed by atoms with Crippen molar-refractivity contribution in [2.24, 2.45) is 0 Å². The molecule has 0 radical (unpaired) electrons. The number of ether oxygens (including phenoxy) is 6. The molecule has 139 heavy (non-hydrogen) atoms. The van der Waals surface area contributed by atoms with Gasteiger partial charge in [-0.05, 0) is 207 Å². The molecule has 0 saturated heterocycles. The molecule has 0 fully saturated rings. The number of nitrogens with one attached hydrogen (secondary N) is 2. The zero-order valence-corrected chi connectivity index (χ0v) is 88.9. The molecule has 2 aliphatic heterocycles. The average Bonchev–Trinajstić information content (AvgIpc) is 1.58. The van der Waals surface area contributed by atoms with Crippen molar-refractivity contribution in [3.63, 3.8) is 0 Å². The number of hydrogen-bond donors (Lipinski definition) is 3. The standard InChI is InChI=1S/C123H142N8O8/c1-112(2,3)71-42-49-91(85(56-71)118(19,20)21)134-97-62-79-80(63-98(97)135-92-50-43-72(113(4,5)6)57-86(92)119(22,23)24)107-127-105(79)125-103-77-48-41-70(68-37-39-69(40-38-68)111(132)133)55-78(77)104(124-103)126-106-81-64-99(136-93-51-44-73(114(7,8)9)58-87(93)120(25,26)27)100(137-94-52-45-74(115(10,11)12)59-88(94)121(28,29)30)65-82(81)108(128-106)130-110-84-67-102(139-96-54-47-76(117(16,17)18)61-90(96)123(34,35)36)101(66-83(84)109(129-107)131-110)138-95-53-46-75(116(13,14)15)60-89(95)122(31,32)33/h37-67H,1-36H3,(H,132,133)(H2,124,125,126,127,128,129,130,131). The van der Waals surface area contributed by atoms with Gasteiger partial charge in [-0.2, -0.15) is 0 Å². The van der Waals surface area contributed by atoms with Crippen molar-refractivity contribution in [3.8, 4) is 126 Å². The van der Waals surface area contributed by atoms with E-state index in [2.05, 4.69) is 368 Å². The summed E-state index contributed by atoms with van der Waals surface area (Å²) >= 11 is 0. The molecule has 3 aromatic heterocycles. The molecule has 0 atom stereocenters. The van der Waals surface area contributed by atoms with Crippen LogP contribution in [0.5, 0.6) is 69.0 Å². The Morgan fingerprint density at radius 1 is 0.209 bits per heavy atom. The van der Waals surface area contributed by atoms with Gasteiger partial charge in [-0.15, -0.1) is 0 Å². The Balaban J connectivity index is 1.08. The summed E-state index contributed by atoms with van der Waals surface area (Å²) in [4.78, 5) is 54.8. The summed E-state index contributed by atoms with van der Waals surface area (Å²) in [5, 5.41) is 12.7. The van der Waals surface area contributed by atoms with Gasteiger partial charge >= 0.3 is 5.97 Å². The Morgan fingerprint density at radius 3 is 0.619 bits per heavy atom. The van der Waals surface area contributed by atoms with E-state index in [1.54, 1.807) is 12.1 Å². The Hall–Kier alpha value is -13.0. The highest BCUT2D eigenvalue weighted by Gasteiger charge is 2.37. The summed E-state index contributed by atoms with van der Waals surface area (Å²) in [5.41, 5.74) is 15.3. The Kier molecular flexibility index (Phi) is 24.6. The van der Waals surface area contributed by atoms with Gasteiger partial charge < -0.3 is 43.5 Å². The Labute approximate surface area is 823 Å². The fourth-order valence-electron chi connectivity index (χ4n) is 18.0. The van der Waals surface area contributed by atoms with Gasteiger partial charge in [0.1, 0.15) is 57.1 Å². The smallest absolute Gasteiger partial charge is 0.335 e. The topological polar surface area (TPSA) is 202 Å². The molecular weight excluding hydrogens is 1720 g/mol. The van der Waals surface area contributed by atoms with E-state index < -0.39 is 22.2 Å². The van der Waals surface area contributed by atoms with Crippen LogP contribution in [0.3, 0.4) is 0 Å². The number of aromatic nitrogens is 8. The van der Waals surface area contributed by atoms with Crippen molar-refractivity contribution in [3.05, 3.63) is 260 Å². The van der Waals surface area contributed by atoms with Crippen molar-refractivity contribution < 1.29 is 38.3 Å². The highest BCUT2D eigenvalue weighted by Crippen LogP contribution is 2.54. The predicted molar refractivity (Wildman–Crippen MR) is 572 cm³/mol. The second kappa shape index (κ2) is 34.5. The number of aromatic carboxylic acids is 1. The van der Waals surface area contributed by atoms with Crippen molar-refractivity contribution in [2.45, 2.75) is 314 Å². The third-order valence-electron chi connectivity index (χ3n) is 26.7. The number of benzene rings is 11. The van der Waals surface area contributed by atoms with Gasteiger partial charge in [-0.3, -0.25) is 0 Å². The summed E-state index contributed by atoms with van der Waals surface area (Å²) < 4.78 is 45.7. The van der Waals surface area contributed by atoms with Gasteiger partial charge in [0, 0.05) is 77.2 Å². The number of rotatable bonds is 14. The van der Waals surface area contributed by atoms with Crippen LogP contribution in [0, 0.1) is 0 Å². The summed E-state index contributed by atoms with van der Waals surface area (Å²) in [6, 6.07) is 64.2. The molecule has 722 valence electrons. The monoisotopic (exact) mass is 1860 g/mol. The zero-order valence-electron chi connectivity index (χ0n) is 88.9. The van der Waals surface area contributed by atoms with Crippen LogP contribution in [0.2, 0.25) is 0 Å². The lowest BCUT2D eigenvalue weighted by atomic mass is 9.80. The molecule has 11 aromatic carbocycles. The minimum absolute atomic E-state index is 0.161. The second-order valence-corrected chi connectivity index (χ2v) is 50.7. The first kappa shape index (κ1) is 99.1. The maximum absolute atomic E-state index is 12.5. The highest BCUT2D eigenvalue weighted by atomic mass is 16.5. The number of nitrogens with zero attached hydrogens (tertiary/aromatic N) is 6. The van der Waals surface area contributed by atoms with E-state index in [4.69, 9.17) is 58.3 Å². The minimum atomic E-state index is -1.03. The third-order valence-corrected chi connectivity index (χ3v) is 26.7. The van der Waals surface area contributed by atoms with Gasteiger partial charge in [0.2, 0.25) is 0 Å². The lowest BCUT2D eigenvalue weighted by Crippen LogP contribution is -2.17. The van der Waals surface area contributed by atoms with Crippen molar-refractivity contribution in [1.29, 1.82) is 0 Å². The molecule has 0 spiro atoms. The van der Waals surface area contributed by atoms with Crippen molar-refractivity contribution in [1.82, 2.24) is 39.9 Å². The zero-order chi connectivity index (χ0) is 101. The molecule has 14 aromatic rings. The van der Waals surface area contributed by atoms with Crippen LogP contribution < -0.4 is 28.4 Å². The van der Waals surface area contributed by atoms with E-state index in [0.717, 1.165) is 44.5 Å². The van der Waals surface area contributed by atoms with E-state index in [1.165, 1.54) is 33.4 Å². The minimum Gasteiger partial charge on any atom is -0.478 e. The molecule has 0 saturated carbocycles. The quantitative estimate of drug-likeness (QED) is 0.0928. The highest BCUT2D eigenvalue weighted by molar-refractivity contribution is 6.08. The van der Waals surface area contributed by atoms with Crippen LogP contribution in [0.1, 0.15) is 326 Å². The number of fused-ring (bicyclic) bond motifs is 20. The number of H-pyrrole nitrogens is 2. The molecule has 0 unspecified atom stereocenters. The average molecular weight is 1860 g/mol. The van der Waals surface area contributed by atoms with E-state index >= 15 is 0 Å². The van der Waals surface area contributed by atoms with E-state index in [0.29, 0.717) is 147 Å². The van der Waals surface area contributed by atoms with Crippen LogP contribution >= 0.6 is 0 Å². The number of aromatic amines is 2. The number of carbonyl (C=O) groups is 1. The first-order chi connectivity index (χ1) is 64.2. The molecule has 5 heterocycles. The summed E-state index contributed by atoms with van der Waals surface area (Å²) in [7, 11) is 0. The molecule has 16 nitrogen and oxygen atoms in total. The number of carboxylic acids is 1. The lowest BCUT2D eigenvalue weighted by molar-refractivity contribution is 0.0696. The molecular formula is C123H142N8O8. The Morgan fingerprint density at radius 2 is 0.410 bits per heavy atom. The van der Waals surface area contributed by atoms with Gasteiger partial charge in [0.15, 0.2) is 57.8 Å². The van der Waals surface area contributed by atoms with Gasteiger partial charge in [-0.25, -0.2) is 34.7 Å². The van der Waals surface area contributed by atoms with Crippen molar-refractivity contribution >= 4 is 50.1 Å². The maximum atomic E-state index is 12.5. The van der Waals surface area contributed by atoms with Gasteiger partial charge in [0.25, 0.3) is 0 Å². The van der Waals surface area contributed by atoms with Crippen LogP contribution in [-0.2, 0) is 65.0 Å². The fraction of sp³-hybridized carbons (Fsp3) is 0.390. The third kappa shape index (κ3) is 20.5. The number of carboxylic acid groups (broad SMARTS) is 1. The summed E-state index contributed by atoms with van der Waals surface area (Å²) in [5.74, 6) is 6.56. The fourth-order valence-corrected chi connectivity index (χ4v) is 18.0. The molecule has 16 heteroatoms. The maximum Gasteiger partial charge on any atom is 0.335 e. The van der Waals surface area contributed by atoms with E-state index in [1.807, 2.05) is 66.7 Å². The van der Waals surface area contributed by atoms with Crippen LogP contribution in [0.4, 0.5) is 0 Å². The normalized spacial score (nSPS) is 13.2. The van der Waals surface area contributed by atoms with Crippen LogP contribution in [-0.4, -0.2) is 50.9 Å². The second-order valence-electron chi connectivity index (χ2n) is 50.7. The first-order valence-electron chi connectivity index (χ1n) is 49.0. The predicted octanol–water partition coefficient (Wildman–Crippen LogP) is 34.6. The van der Waals surface area contributed by atoms with Crippen LogP contribution in [0.15, 0.2) is 188 Å². The molecule has 0 amide bonds. The van der Waals surface area contributed by atoms with E-state index in [9.17, 15) is 9.90 Å². The molecule has 3 N–H and O–H groups in total. The van der Waals surface area contributed by atoms with Crippen LogP contribution in [0.25, 0.3) is 101 Å².